The zero-order valence-corrected chi connectivity index (χ0v) is 7.01. The average molecular weight is 141 g/mol. The molecule has 1 atom stereocenters. The lowest BCUT2D eigenvalue weighted by molar-refractivity contribution is 0.231. The predicted octanol–water partition coefficient (Wildman–Crippen LogP) is 0.705. The highest BCUT2D eigenvalue weighted by Crippen LogP contribution is 2.07. The Bertz CT molecular complexity index is 83.3. The lowest BCUT2D eigenvalue weighted by atomic mass is 10.2. The van der Waals surface area contributed by atoms with E-state index < -0.39 is 0 Å². The van der Waals surface area contributed by atoms with Crippen LogP contribution in [0.25, 0.3) is 0 Å². The van der Waals surface area contributed by atoms with Crippen LogP contribution in [0.3, 0.4) is 0 Å². The van der Waals surface area contributed by atoms with E-state index in [0.717, 1.165) is 19.1 Å². The average Bonchev–Trinajstić information content (AvgIpc) is 2.43. The van der Waals surface area contributed by atoms with E-state index in [1.165, 1.54) is 19.5 Å². The van der Waals surface area contributed by atoms with E-state index >= 15 is 0 Å². The Hall–Kier alpha value is -0.0800. The summed E-state index contributed by atoms with van der Waals surface area (Å²) < 4.78 is 0. The topological polar surface area (TPSA) is 17.3 Å². The van der Waals surface area contributed by atoms with Gasteiger partial charge >= 0.3 is 0 Å². The molecule has 1 fully saturated rings. The van der Waals surface area contributed by atoms with Crippen molar-refractivity contribution in [2.24, 2.45) is 0 Å². The molecule has 10 heavy (non-hydrogen) atoms. The third kappa shape index (κ3) is 1.70. The summed E-state index contributed by atoms with van der Waals surface area (Å²) in [6.07, 6.45) is 1.28. The molecule has 0 aromatic carbocycles. The van der Waals surface area contributed by atoms with Gasteiger partial charge in [0, 0.05) is 19.1 Å². The van der Waals surface area contributed by atoms with Crippen molar-refractivity contribution in [3.05, 3.63) is 0 Å². The van der Waals surface area contributed by atoms with Crippen molar-refractivity contribution in [3.63, 3.8) is 0 Å². The van der Waals surface area contributed by atoms with Crippen LogP contribution in [0.2, 0.25) is 0 Å². The molecule has 2 heteroatoms. The first-order valence-corrected chi connectivity index (χ1v) is 4.25. The van der Waals surface area contributed by atoms with Crippen LogP contribution in [-0.4, -0.2) is 37.1 Å². The maximum absolute atomic E-state index is 4.34. The fraction of sp³-hybridized carbons (Fsp3) is 1.00. The fourth-order valence-electron chi connectivity index (χ4n) is 1.61. The van der Waals surface area contributed by atoms with E-state index in [9.17, 15) is 0 Å². The van der Waals surface area contributed by atoms with E-state index in [0.29, 0.717) is 0 Å². The van der Waals surface area contributed by atoms with E-state index in [4.69, 9.17) is 0 Å². The third-order valence-electron chi connectivity index (χ3n) is 2.29. The standard InChI is InChI=1S/C8H17N2/c1-3-10(4-2)8-5-6-9-7-8/h8H,3-7H2,1-2H3/t8-/m1/s1. The number of likely N-dealkylation sites (N-methyl/N-ethyl adjacent to an activating group) is 1. The summed E-state index contributed by atoms with van der Waals surface area (Å²) in [5.74, 6) is 0. The highest BCUT2D eigenvalue weighted by molar-refractivity contribution is 4.78. The van der Waals surface area contributed by atoms with Crippen molar-refractivity contribution in [2.75, 3.05) is 26.2 Å². The fourth-order valence-corrected chi connectivity index (χ4v) is 1.61. The molecule has 0 unspecified atom stereocenters. The Labute approximate surface area is 63.6 Å². The van der Waals surface area contributed by atoms with Gasteiger partial charge in [-0.1, -0.05) is 13.8 Å². The first-order valence-electron chi connectivity index (χ1n) is 4.25. The lowest BCUT2D eigenvalue weighted by Gasteiger charge is -2.24. The molecule has 0 spiro atoms. The number of hydrogen-bond donors (Lipinski definition) is 0. The molecular formula is C8H17N2. The molecule has 0 aromatic heterocycles. The second-order valence-corrected chi connectivity index (χ2v) is 2.79. The SMILES string of the molecule is CCN(CC)[C@@H]1CC[N]C1. The van der Waals surface area contributed by atoms with Gasteiger partial charge in [0.1, 0.15) is 0 Å². The summed E-state index contributed by atoms with van der Waals surface area (Å²) in [7, 11) is 0. The number of nitrogens with zero attached hydrogens (tertiary/aromatic N) is 2. The minimum absolute atomic E-state index is 0.759. The molecule has 2 nitrogen and oxygen atoms in total. The quantitative estimate of drug-likeness (QED) is 0.565. The van der Waals surface area contributed by atoms with Gasteiger partial charge in [-0.15, -0.1) is 0 Å². The van der Waals surface area contributed by atoms with Crippen LogP contribution in [0.5, 0.6) is 0 Å². The summed E-state index contributed by atoms with van der Waals surface area (Å²) in [6.45, 7) is 8.96. The van der Waals surface area contributed by atoms with Crippen LogP contribution in [0.1, 0.15) is 20.3 Å². The normalized spacial score (nSPS) is 26.1. The summed E-state index contributed by atoms with van der Waals surface area (Å²) in [5, 5.41) is 4.34. The molecule has 0 saturated carbocycles. The van der Waals surface area contributed by atoms with Crippen molar-refractivity contribution >= 4 is 0 Å². The monoisotopic (exact) mass is 141 g/mol. The molecule has 0 aromatic rings. The molecule has 0 N–H and O–H groups in total. The zero-order valence-electron chi connectivity index (χ0n) is 7.01. The highest BCUT2D eigenvalue weighted by Gasteiger charge is 2.19. The van der Waals surface area contributed by atoms with E-state index in [1.54, 1.807) is 0 Å². The molecule has 1 heterocycles. The number of hydrogen-bond acceptors (Lipinski definition) is 1. The summed E-state index contributed by atoms with van der Waals surface area (Å²) in [4.78, 5) is 2.50. The van der Waals surface area contributed by atoms with Gasteiger partial charge in [0.25, 0.3) is 0 Å². The van der Waals surface area contributed by atoms with E-state index in [2.05, 4.69) is 24.1 Å². The molecule has 1 saturated heterocycles. The Morgan fingerprint density at radius 2 is 2.10 bits per heavy atom. The first kappa shape index (κ1) is 8.02. The van der Waals surface area contributed by atoms with Gasteiger partial charge in [-0.05, 0) is 19.5 Å². The maximum atomic E-state index is 4.34. The largest absolute Gasteiger partial charge is 0.300 e. The summed E-state index contributed by atoms with van der Waals surface area (Å²) in [6, 6.07) is 0.759. The van der Waals surface area contributed by atoms with Crippen molar-refractivity contribution < 1.29 is 0 Å². The van der Waals surface area contributed by atoms with Gasteiger partial charge in [-0.2, -0.15) is 0 Å². The van der Waals surface area contributed by atoms with Crippen molar-refractivity contribution in [2.45, 2.75) is 26.3 Å². The van der Waals surface area contributed by atoms with E-state index in [-0.39, 0.29) is 0 Å². The molecule has 1 rings (SSSR count). The van der Waals surface area contributed by atoms with Crippen LogP contribution in [0.4, 0.5) is 0 Å². The Kier molecular flexibility index (Phi) is 3.16. The van der Waals surface area contributed by atoms with E-state index in [1.807, 2.05) is 0 Å². The predicted molar refractivity (Wildman–Crippen MR) is 43.2 cm³/mol. The Morgan fingerprint density at radius 3 is 2.50 bits per heavy atom. The van der Waals surface area contributed by atoms with Gasteiger partial charge in [0.15, 0.2) is 0 Å². The molecule has 0 aliphatic carbocycles. The van der Waals surface area contributed by atoms with Crippen molar-refractivity contribution in [1.29, 1.82) is 0 Å². The molecule has 1 radical (unpaired) electrons. The summed E-state index contributed by atoms with van der Waals surface area (Å²) >= 11 is 0. The van der Waals surface area contributed by atoms with Crippen LogP contribution in [0.15, 0.2) is 0 Å². The van der Waals surface area contributed by atoms with Gasteiger partial charge < -0.3 is 0 Å². The van der Waals surface area contributed by atoms with Crippen LogP contribution in [-0.2, 0) is 0 Å². The maximum Gasteiger partial charge on any atom is 0.0290 e. The van der Waals surface area contributed by atoms with Crippen LogP contribution in [0, 0.1) is 0 Å². The minimum atomic E-state index is 0.759. The summed E-state index contributed by atoms with van der Waals surface area (Å²) in [5.41, 5.74) is 0. The lowest BCUT2D eigenvalue weighted by Crippen LogP contribution is -2.35. The zero-order chi connectivity index (χ0) is 7.40. The Balaban J connectivity index is 2.29. The van der Waals surface area contributed by atoms with Crippen molar-refractivity contribution in [1.82, 2.24) is 10.2 Å². The molecule has 0 bridgehead atoms. The molecule has 59 valence electrons. The minimum Gasteiger partial charge on any atom is -0.300 e. The molecule has 1 aliphatic heterocycles. The van der Waals surface area contributed by atoms with Crippen LogP contribution < -0.4 is 5.32 Å². The number of rotatable bonds is 3. The first-order chi connectivity index (χ1) is 4.88. The van der Waals surface area contributed by atoms with Gasteiger partial charge in [-0.25, -0.2) is 5.32 Å². The highest BCUT2D eigenvalue weighted by atomic mass is 15.2. The second kappa shape index (κ2) is 3.94. The van der Waals surface area contributed by atoms with Crippen molar-refractivity contribution in [3.8, 4) is 0 Å². The van der Waals surface area contributed by atoms with Crippen LogP contribution >= 0.6 is 0 Å². The van der Waals surface area contributed by atoms with Gasteiger partial charge in [-0.3, -0.25) is 4.90 Å². The Morgan fingerprint density at radius 1 is 1.40 bits per heavy atom. The molecule has 1 aliphatic rings. The van der Waals surface area contributed by atoms with Gasteiger partial charge in [0.2, 0.25) is 0 Å². The second-order valence-electron chi connectivity index (χ2n) is 2.79. The van der Waals surface area contributed by atoms with Gasteiger partial charge in [0.05, 0.1) is 0 Å². The molecule has 0 amide bonds. The smallest absolute Gasteiger partial charge is 0.0290 e. The third-order valence-corrected chi connectivity index (χ3v) is 2.29. The molecular weight excluding hydrogens is 124 g/mol.